The number of benzene rings is 1. The van der Waals surface area contributed by atoms with Gasteiger partial charge in [-0.1, -0.05) is 12.2 Å². The van der Waals surface area contributed by atoms with E-state index in [0.717, 1.165) is 0 Å². The Bertz CT molecular complexity index is 413. The molecular formula is C11H13FN2O. The zero-order valence-electron chi connectivity index (χ0n) is 8.46. The molecule has 1 amide bonds. The van der Waals surface area contributed by atoms with Gasteiger partial charge in [-0.15, -0.1) is 0 Å². The van der Waals surface area contributed by atoms with Gasteiger partial charge in [0.1, 0.15) is 5.82 Å². The van der Waals surface area contributed by atoms with Gasteiger partial charge in [-0.2, -0.15) is 0 Å². The van der Waals surface area contributed by atoms with E-state index < -0.39 is 5.91 Å². The summed E-state index contributed by atoms with van der Waals surface area (Å²) in [7, 11) is 0. The molecule has 0 radical (unpaired) electrons. The Morgan fingerprint density at radius 2 is 2.20 bits per heavy atom. The van der Waals surface area contributed by atoms with Gasteiger partial charge in [-0.25, -0.2) is 4.39 Å². The van der Waals surface area contributed by atoms with Crippen molar-refractivity contribution in [1.29, 1.82) is 0 Å². The molecule has 0 aromatic heterocycles. The fourth-order valence-electron chi connectivity index (χ4n) is 1.22. The van der Waals surface area contributed by atoms with E-state index in [2.05, 4.69) is 0 Å². The van der Waals surface area contributed by atoms with Crippen LogP contribution in [0.2, 0.25) is 0 Å². The van der Waals surface area contributed by atoms with Gasteiger partial charge < -0.3 is 11.5 Å². The Morgan fingerprint density at radius 1 is 1.53 bits per heavy atom. The van der Waals surface area contributed by atoms with Gasteiger partial charge in [0.05, 0.1) is 0 Å². The molecule has 1 aromatic rings. The summed E-state index contributed by atoms with van der Waals surface area (Å²) in [6.07, 6.45) is 3.28. The molecule has 3 nitrogen and oxygen atoms in total. The first-order valence-corrected chi connectivity index (χ1v) is 4.51. The molecule has 0 fully saturated rings. The largest absolute Gasteiger partial charge is 0.398 e. The van der Waals surface area contributed by atoms with Crippen LogP contribution in [0.3, 0.4) is 0 Å². The van der Waals surface area contributed by atoms with Crippen LogP contribution in [0, 0.1) is 12.7 Å². The zero-order chi connectivity index (χ0) is 11.4. The Kier molecular flexibility index (Phi) is 3.44. The van der Waals surface area contributed by atoms with Gasteiger partial charge in [0.25, 0.3) is 0 Å². The van der Waals surface area contributed by atoms with Crippen molar-refractivity contribution in [1.82, 2.24) is 0 Å². The lowest BCUT2D eigenvalue weighted by Crippen LogP contribution is -2.07. The molecule has 0 aliphatic carbocycles. The van der Waals surface area contributed by atoms with Gasteiger partial charge in [0.2, 0.25) is 5.91 Å². The van der Waals surface area contributed by atoms with Crippen LogP contribution in [0.5, 0.6) is 0 Å². The molecule has 0 spiro atoms. The predicted molar refractivity (Wildman–Crippen MR) is 58.4 cm³/mol. The molecule has 4 heteroatoms. The number of anilines is 1. The van der Waals surface area contributed by atoms with E-state index in [4.69, 9.17) is 11.5 Å². The highest BCUT2D eigenvalue weighted by Gasteiger charge is 2.02. The van der Waals surface area contributed by atoms with Crippen LogP contribution in [0.1, 0.15) is 17.5 Å². The van der Waals surface area contributed by atoms with Crippen molar-refractivity contribution < 1.29 is 9.18 Å². The molecule has 0 unspecified atom stereocenters. The smallest absolute Gasteiger partial charge is 0.221 e. The van der Waals surface area contributed by atoms with Crippen LogP contribution in [0.4, 0.5) is 10.1 Å². The first-order valence-electron chi connectivity index (χ1n) is 4.51. The molecule has 0 heterocycles. The number of primary amides is 1. The maximum Gasteiger partial charge on any atom is 0.221 e. The van der Waals surface area contributed by atoms with Crippen LogP contribution in [0.15, 0.2) is 18.2 Å². The Hall–Kier alpha value is -1.84. The summed E-state index contributed by atoms with van der Waals surface area (Å²) < 4.78 is 13.0. The summed E-state index contributed by atoms with van der Waals surface area (Å²) in [5.74, 6) is -0.779. The lowest BCUT2D eigenvalue weighted by molar-refractivity contribution is -0.117. The van der Waals surface area contributed by atoms with E-state index in [1.807, 2.05) is 0 Å². The fraction of sp³-hybridized carbons (Fsp3) is 0.182. The number of halogens is 1. The second-order valence-corrected chi connectivity index (χ2v) is 3.30. The molecule has 0 saturated heterocycles. The van der Waals surface area contributed by atoms with Gasteiger partial charge in [-0.05, 0) is 24.6 Å². The molecule has 1 rings (SSSR count). The van der Waals surface area contributed by atoms with Crippen LogP contribution in [-0.4, -0.2) is 5.91 Å². The molecular weight excluding hydrogens is 195 g/mol. The molecule has 80 valence electrons. The summed E-state index contributed by atoms with van der Waals surface area (Å²) in [6, 6.07) is 2.68. The molecule has 1 aromatic carbocycles. The number of rotatable bonds is 3. The van der Waals surface area contributed by atoms with Crippen LogP contribution in [0.25, 0.3) is 6.08 Å². The van der Waals surface area contributed by atoms with E-state index in [0.29, 0.717) is 16.8 Å². The van der Waals surface area contributed by atoms with Crippen molar-refractivity contribution in [2.24, 2.45) is 5.73 Å². The summed E-state index contributed by atoms with van der Waals surface area (Å²) in [6.45, 7) is 1.73. The lowest BCUT2D eigenvalue weighted by Gasteiger charge is -2.04. The zero-order valence-corrected chi connectivity index (χ0v) is 8.46. The SMILES string of the molecule is Cc1cc(F)cc(C=CCC(N)=O)c1N. The first kappa shape index (κ1) is 11.2. The summed E-state index contributed by atoms with van der Waals surface area (Å²) in [5.41, 5.74) is 12.4. The van der Waals surface area contributed by atoms with Crippen molar-refractivity contribution in [2.75, 3.05) is 5.73 Å². The second kappa shape index (κ2) is 4.59. The average molecular weight is 208 g/mol. The number of hydrogen-bond donors (Lipinski definition) is 2. The van der Waals surface area contributed by atoms with E-state index in [1.165, 1.54) is 12.1 Å². The maximum atomic E-state index is 13.0. The van der Waals surface area contributed by atoms with Gasteiger partial charge in [0, 0.05) is 17.7 Å². The summed E-state index contributed by atoms with van der Waals surface area (Å²) >= 11 is 0. The van der Waals surface area contributed by atoms with Crippen LogP contribution in [-0.2, 0) is 4.79 Å². The number of nitrogens with two attached hydrogens (primary N) is 2. The quantitative estimate of drug-likeness (QED) is 0.741. The number of hydrogen-bond acceptors (Lipinski definition) is 2. The van der Waals surface area contributed by atoms with E-state index >= 15 is 0 Å². The number of aryl methyl sites for hydroxylation is 1. The minimum absolute atomic E-state index is 0.120. The average Bonchev–Trinajstić information content (AvgIpc) is 2.12. The van der Waals surface area contributed by atoms with E-state index in [1.54, 1.807) is 19.1 Å². The van der Waals surface area contributed by atoms with Crippen molar-refractivity contribution >= 4 is 17.7 Å². The lowest BCUT2D eigenvalue weighted by atomic mass is 10.1. The molecule has 15 heavy (non-hydrogen) atoms. The molecule has 0 atom stereocenters. The van der Waals surface area contributed by atoms with Gasteiger partial charge in [0.15, 0.2) is 0 Å². The topological polar surface area (TPSA) is 69.1 Å². The molecule has 0 saturated carbocycles. The predicted octanol–water partition coefficient (Wildman–Crippen LogP) is 1.60. The number of carbonyl (C=O) groups excluding carboxylic acids is 1. The van der Waals surface area contributed by atoms with Crippen LogP contribution < -0.4 is 11.5 Å². The number of nitrogen functional groups attached to an aromatic ring is 1. The van der Waals surface area contributed by atoms with Crippen molar-refractivity contribution in [3.63, 3.8) is 0 Å². The third kappa shape index (κ3) is 3.09. The highest BCUT2D eigenvalue weighted by molar-refractivity contribution is 5.77. The molecule has 0 aliphatic rings. The molecule has 0 aliphatic heterocycles. The Labute approximate surface area is 87.6 Å². The third-order valence-corrected chi connectivity index (χ3v) is 2.00. The second-order valence-electron chi connectivity index (χ2n) is 3.30. The van der Waals surface area contributed by atoms with Crippen molar-refractivity contribution in [3.8, 4) is 0 Å². The van der Waals surface area contributed by atoms with Crippen molar-refractivity contribution in [2.45, 2.75) is 13.3 Å². The van der Waals surface area contributed by atoms with E-state index in [-0.39, 0.29) is 12.2 Å². The minimum atomic E-state index is -0.432. The standard InChI is InChI=1S/C11H13FN2O/c1-7-5-9(12)6-8(11(7)14)3-2-4-10(13)15/h2-3,5-6H,4,14H2,1H3,(H2,13,15). The molecule has 4 N–H and O–H groups in total. The van der Waals surface area contributed by atoms with E-state index in [9.17, 15) is 9.18 Å². The Morgan fingerprint density at radius 3 is 2.80 bits per heavy atom. The summed E-state index contributed by atoms with van der Waals surface area (Å²) in [5, 5.41) is 0. The highest BCUT2D eigenvalue weighted by Crippen LogP contribution is 2.20. The maximum absolute atomic E-state index is 13.0. The molecule has 0 bridgehead atoms. The van der Waals surface area contributed by atoms with Gasteiger partial charge >= 0.3 is 0 Å². The summed E-state index contributed by atoms with van der Waals surface area (Å²) in [4.78, 5) is 10.5. The van der Waals surface area contributed by atoms with Gasteiger partial charge in [-0.3, -0.25) is 4.79 Å². The monoisotopic (exact) mass is 208 g/mol. The number of carbonyl (C=O) groups is 1. The normalized spacial score (nSPS) is 10.8. The third-order valence-electron chi connectivity index (χ3n) is 2.00. The van der Waals surface area contributed by atoms with Crippen molar-refractivity contribution in [3.05, 3.63) is 35.2 Å². The van der Waals surface area contributed by atoms with Crippen LogP contribution >= 0.6 is 0 Å². The highest BCUT2D eigenvalue weighted by atomic mass is 19.1. The number of amides is 1. The first-order chi connectivity index (χ1) is 7.00. The Balaban J connectivity index is 2.94. The fourth-order valence-corrected chi connectivity index (χ4v) is 1.22. The minimum Gasteiger partial charge on any atom is -0.398 e.